The van der Waals surface area contributed by atoms with Crippen LogP contribution in [0, 0.1) is 11.6 Å². The first-order chi connectivity index (χ1) is 7.66. The van der Waals surface area contributed by atoms with Crippen molar-refractivity contribution in [2.75, 3.05) is 0 Å². The number of hydrogen-bond donors (Lipinski definition) is 1. The van der Waals surface area contributed by atoms with Gasteiger partial charge in [-0.3, -0.25) is 0 Å². The molecule has 2 aromatic rings. The Balaban J connectivity index is 2.14. The van der Waals surface area contributed by atoms with Crippen LogP contribution in [-0.4, -0.2) is 0 Å². The molecule has 1 nitrogen and oxygen atoms in total. The molecule has 0 saturated carbocycles. The molecule has 4 heteroatoms. The Bertz CT molecular complexity index is 468. The summed E-state index contributed by atoms with van der Waals surface area (Å²) in [6.45, 7) is 0. The van der Waals surface area contributed by atoms with Crippen molar-refractivity contribution in [1.29, 1.82) is 0 Å². The summed E-state index contributed by atoms with van der Waals surface area (Å²) in [5.41, 5.74) is 6.54. The zero-order valence-electron chi connectivity index (χ0n) is 8.49. The number of benzene rings is 1. The molecule has 1 atom stereocenters. The lowest BCUT2D eigenvalue weighted by atomic mass is 10.0. The number of hydrogen-bond acceptors (Lipinski definition) is 2. The van der Waals surface area contributed by atoms with Crippen molar-refractivity contribution in [2.45, 2.75) is 12.5 Å². The second-order valence-electron chi connectivity index (χ2n) is 3.56. The van der Waals surface area contributed by atoms with E-state index in [4.69, 9.17) is 5.73 Å². The van der Waals surface area contributed by atoms with E-state index in [0.717, 1.165) is 17.0 Å². The van der Waals surface area contributed by atoms with E-state index in [1.54, 1.807) is 11.3 Å². The second kappa shape index (κ2) is 4.72. The Kier molecular flexibility index (Phi) is 3.31. The van der Waals surface area contributed by atoms with Gasteiger partial charge in [-0.1, -0.05) is 12.1 Å². The Hall–Kier alpha value is -1.26. The van der Waals surface area contributed by atoms with Crippen LogP contribution < -0.4 is 5.73 Å². The summed E-state index contributed by atoms with van der Waals surface area (Å²) in [4.78, 5) is 1.14. The maximum atomic E-state index is 13.0. The summed E-state index contributed by atoms with van der Waals surface area (Å²) >= 11 is 1.61. The van der Waals surface area contributed by atoms with Crippen LogP contribution in [0.25, 0.3) is 0 Å². The predicted molar refractivity (Wildman–Crippen MR) is 61.3 cm³/mol. The van der Waals surface area contributed by atoms with Gasteiger partial charge >= 0.3 is 0 Å². The van der Waals surface area contributed by atoms with Gasteiger partial charge in [0, 0.05) is 17.3 Å². The van der Waals surface area contributed by atoms with Gasteiger partial charge in [0.2, 0.25) is 0 Å². The molecule has 0 aliphatic heterocycles. The quantitative estimate of drug-likeness (QED) is 0.874. The summed E-state index contributed by atoms with van der Waals surface area (Å²) in [7, 11) is 0. The SMILES string of the molecule is NC(Cc1cccs1)c1ccc(F)c(F)c1. The summed E-state index contributed by atoms with van der Waals surface area (Å²) in [5.74, 6) is -1.69. The normalized spacial score (nSPS) is 12.7. The molecule has 0 saturated heterocycles. The van der Waals surface area contributed by atoms with E-state index in [0.29, 0.717) is 12.0 Å². The van der Waals surface area contributed by atoms with E-state index in [1.165, 1.54) is 6.07 Å². The van der Waals surface area contributed by atoms with Crippen molar-refractivity contribution in [3.8, 4) is 0 Å². The van der Waals surface area contributed by atoms with Crippen LogP contribution in [0.3, 0.4) is 0 Å². The number of nitrogens with two attached hydrogens (primary N) is 1. The van der Waals surface area contributed by atoms with Gasteiger partial charge in [0.15, 0.2) is 11.6 Å². The first kappa shape index (κ1) is 11.2. The fourth-order valence-electron chi connectivity index (χ4n) is 1.51. The van der Waals surface area contributed by atoms with Crippen molar-refractivity contribution >= 4 is 11.3 Å². The summed E-state index contributed by atoms with van der Waals surface area (Å²) in [6, 6.07) is 7.42. The lowest BCUT2D eigenvalue weighted by Crippen LogP contribution is -2.13. The highest BCUT2D eigenvalue weighted by Crippen LogP contribution is 2.20. The van der Waals surface area contributed by atoms with Crippen LogP contribution in [0.1, 0.15) is 16.5 Å². The van der Waals surface area contributed by atoms with Crippen molar-refractivity contribution in [1.82, 2.24) is 0 Å². The smallest absolute Gasteiger partial charge is 0.159 e. The number of rotatable bonds is 3. The van der Waals surface area contributed by atoms with Crippen LogP contribution in [0.4, 0.5) is 8.78 Å². The molecule has 0 bridgehead atoms. The van der Waals surface area contributed by atoms with Crippen LogP contribution in [0.15, 0.2) is 35.7 Å². The van der Waals surface area contributed by atoms with Crippen LogP contribution in [0.5, 0.6) is 0 Å². The topological polar surface area (TPSA) is 26.0 Å². The third-order valence-electron chi connectivity index (χ3n) is 2.37. The van der Waals surface area contributed by atoms with Crippen LogP contribution in [0.2, 0.25) is 0 Å². The van der Waals surface area contributed by atoms with E-state index in [-0.39, 0.29) is 6.04 Å². The van der Waals surface area contributed by atoms with E-state index >= 15 is 0 Å². The van der Waals surface area contributed by atoms with Gasteiger partial charge < -0.3 is 5.73 Å². The highest BCUT2D eigenvalue weighted by Gasteiger charge is 2.10. The maximum absolute atomic E-state index is 13.0. The molecule has 1 heterocycles. The van der Waals surface area contributed by atoms with Gasteiger partial charge in [-0.25, -0.2) is 8.78 Å². The minimum absolute atomic E-state index is 0.297. The first-order valence-corrected chi connectivity index (χ1v) is 5.77. The monoisotopic (exact) mass is 239 g/mol. The molecular weight excluding hydrogens is 228 g/mol. The van der Waals surface area contributed by atoms with Gasteiger partial charge in [0.25, 0.3) is 0 Å². The second-order valence-corrected chi connectivity index (χ2v) is 4.60. The van der Waals surface area contributed by atoms with E-state index in [2.05, 4.69) is 0 Å². The molecule has 0 aliphatic rings. The first-order valence-electron chi connectivity index (χ1n) is 4.89. The van der Waals surface area contributed by atoms with E-state index in [1.807, 2.05) is 17.5 Å². The molecule has 0 fully saturated rings. The minimum Gasteiger partial charge on any atom is -0.324 e. The average Bonchev–Trinajstić information content (AvgIpc) is 2.74. The number of thiophene rings is 1. The molecule has 1 aromatic carbocycles. The lowest BCUT2D eigenvalue weighted by molar-refractivity contribution is 0.505. The van der Waals surface area contributed by atoms with E-state index in [9.17, 15) is 8.78 Å². The number of halogens is 2. The Morgan fingerprint density at radius 2 is 2.00 bits per heavy atom. The minimum atomic E-state index is -0.848. The highest BCUT2D eigenvalue weighted by molar-refractivity contribution is 7.09. The molecule has 1 unspecified atom stereocenters. The maximum Gasteiger partial charge on any atom is 0.159 e. The average molecular weight is 239 g/mol. The molecule has 2 N–H and O–H groups in total. The fraction of sp³-hybridized carbons (Fsp3) is 0.167. The predicted octanol–water partition coefficient (Wildman–Crippen LogP) is 3.27. The third kappa shape index (κ3) is 2.46. The van der Waals surface area contributed by atoms with Crippen LogP contribution >= 0.6 is 11.3 Å². The Morgan fingerprint density at radius 1 is 1.19 bits per heavy atom. The standard InChI is InChI=1S/C12H11F2NS/c13-10-4-3-8(6-11(10)14)12(15)7-9-2-1-5-16-9/h1-6,12H,7,15H2. The molecule has 16 heavy (non-hydrogen) atoms. The molecule has 0 aliphatic carbocycles. The summed E-state index contributed by atoms with van der Waals surface area (Å²) in [5, 5.41) is 1.97. The van der Waals surface area contributed by atoms with Gasteiger partial charge in [-0.15, -0.1) is 11.3 Å². The lowest BCUT2D eigenvalue weighted by Gasteiger charge is -2.10. The zero-order chi connectivity index (χ0) is 11.5. The van der Waals surface area contributed by atoms with Gasteiger partial charge in [0.1, 0.15) is 0 Å². The van der Waals surface area contributed by atoms with Crippen molar-refractivity contribution in [3.05, 3.63) is 57.8 Å². The molecule has 0 amide bonds. The molecule has 0 radical (unpaired) electrons. The van der Waals surface area contributed by atoms with E-state index < -0.39 is 11.6 Å². The van der Waals surface area contributed by atoms with Gasteiger partial charge in [0.05, 0.1) is 0 Å². The van der Waals surface area contributed by atoms with Crippen molar-refractivity contribution < 1.29 is 8.78 Å². The van der Waals surface area contributed by atoms with Crippen LogP contribution in [-0.2, 0) is 6.42 Å². The van der Waals surface area contributed by atoms with Crippen molar-refractivity contribution in [2.24, 2.45) is 5.73 Å². The van der Waals surface area contributed by atoms with Gasteiger partial charge in [-0.05, 0) is 29.1 Å². The fourth-order valence-corrected chi connectivity index (χ4v) is 2.27. The summed E-state index contributed by atoms with van der Waals surface area (Å²) < 4.78 is 25.7. The van der Waals surface area contributed by atoms with Gasteiger partial charge in [-0.2, -0.15) is 0 Å². The Morgan fingerprint density at radius 3 is 2.62 bits per heavy atom. The van der Waals surface area contributed by atoms with Crippen molar-refractivity contribution in [3.63, 3.8) is 0 Å². The molecule has 84 valence electrons. The zero-order valence-corrected chi connectivity index (χ0v) is 9.31. The largest absolute Gasteiger partial charge is 0.324 e. The molecule has 1 aromatic heterocycles. The molecule has 0 spiro atoms. The highest BCUT2D eigenvalue weighted by atomic mass is 32.1. The molecular formula is C12H11F2NS. The third-order valence-corrected chi connectivity index (χ3v) is 3.27. The Labute approximate surface area is 96.5 Å². The molecule has 2 rings (SSSR count). The summed E-state index contributed by atoms with van der Waals surface area (Å²) in [6.07, 6.45) is 0.642.